The Morgan fingerprint density at radius 2 is 1.01 bits per heavy atom. The van der Waals surface area contributed by atoms with Gasteiger partial charge in [0.2, 0.25) is 0 Å². The molecule has 0 aliphatic heterocycles. The summed E-state index contributed by atoms with van der Waals surface area (Å²) in [6, 6.07) is 63.8. The molecule has 9 aromatic rings. The monoisotopic (exact) mass is 895 g/mol. The van der Waals surface area contributed by atoms with E-state index in [-0.39, 0.29) is 16.2 Å². The van der Waals surface area contributed by atoms with Crippen molar-refractivity contribution < 1.29 is 0 Å². The molecule has 332 valence electrons. The maximum Gasteiger partial charge on any atom is 0.0726 e. The van der Waals surface area contributed by atoms with Crippen molar-refractivity contribution in [2.75, 3.05) is 4.90 Å². The summed E-state index contributed by atoms with van der Waals surface area (Å²) in [6.07, 6.45) is 6.87. The second-order valence-corrected chi connectivity index (χ2v) is 23.4. The molecule has 0 unspecified atom stereocenters. The number of benzene rings is 8. The Morgan fingerprint density at radius 1 is 0.471 bits per heavy atom. The molecule has 0 bridgehead atoms. The Morgan fingerprint density at radius 3 is 1.72 bits per heavy atom. The summed E-state index contributed by atoms with van der Waals surface area (Å²) in [5.41, 5.74) is 25.9. The minimum Gasteiger partial charge on any atom is -0.308 e. The van der Waals surface area contributed by atoms with Crippen LogP contribution in [0.4, 0.5) is 17.1 Å². The molecule has 0 amide bonds. The predicted octanol–water partition coefficient (Wildman–Crippen LogP) is 18.2. The summed E-state index contributed by atoms with van der Waals surface area (Å²) in [6.45, 7) is 18.9. The van der Waals surface area contributed by atoms with E-state index in [0.717, 1.165) is 12.8 Å². The molecule has 4 aliphatic carbocycles. The molecule has 8 aromatic carbocycles. The summed E-state index contributed by atoms with van der Waals surface area (Å²) in [5, 5.41) is 1.37. The molecule has 1 nitrogen and oxygen atoms in total. The summed E-state index contributed by atoms with van der Waals surface area (Å²) < 4.78 is 1.34. The fourth-order valence-corrected chi connectivity index (χ4v) is 14.0. The molecule has 13 rings (SSSR count). The smallest absolute Gasteiger partial charge is 0.0726 e. The van der Waals surface area contributed by atoms with Gasteiger partial charge in [0, 0.05) is 21.5 Å². The lowest BCUT2D eigenvalue weighted by atomic mass is 9.68. The van der Waals surface area contributed by atoms with Crippen LogP contribution in [0.25, 0.3) is 60.7 Å². The van der Waals surface area contributed by atoms with Crippen molar-refractivity contribution in [1.29, 1.82) is 0 Å². The lowest BCUT2D eigenvalue weighted by Gasteiger charge is -2.34. The third-order valence-corrected chi connectivity index (χ3v) is 17.3. The highest BCUT2D eigenvalue weighted by molar-refractivity contribution is 7.20. The number of hydrogen-bond donors (Lipinski definition) is 0. The Balaban J connectivity index is 1.13. The highest BCUT2D eigenvalue weighted by Gasteiger charge is 2.52. The van der Waals surface area contributed by atoms with Crippen LogP contribution in [0.3, 0.4) is 0 Å². The zero-order valence-electron chi connectivity index (χ0n) is 40.5. The molecule has 0 N–H and O–H groups in total. The van der Waals surface area contributed by atoms with Crippen molar-refractivity contribution in [3.8, 4) is 44.5 Å². The van der Waals surface area contributed by atoms with Crippen molar-refractivity contribution in [2.45, 2.75) is 89.9 Å². The molecule has 1 spiro atoms. The van der Waals surface area contributed by atoms with E-state index in [1.807, 2.05) is 11.3 Å². The third-order valence-electron chi connectivity index (χ3n) is 16.1. The van der Waals surface area contributed by atoms with Crippen molar-refractivity contribution >= 4 is 44.6 Å². The van der Waals surface area contributed by atoms with Gasteiger partial charge in [-0.15, -0.1) is 11.3 Å². The maximum absolute atomic E-state index is 2.62. The minimum absolute atomic E-state index is 0.0219. The van der Waals surface area contributed by atoms with Gasteiger partial charge in [0.25, 0.3) is 0 Å². The zero-order chi connectivity index (χ0) is 46.5. The number of thiophene rings is 1. The van der Waals surface area contributed by atoms with Gasteiger partial charge in [0.15, 0.2) is 0 Å². The van der Waals surface area contributed by atoms with E-state index in [1.165, 1.54) is 127 Å². The second-order valence-electron chi connectivity index (χ2n) is 22.3. The molecule has 1 heterocycles. The first-order chi connectivity index (χ1) is 32.8. The fourth-order valence-electron chi connectivity index (χ4n) is 12.7. The average molecular weight is 896 g/mol. The number of rotatable bonds is 4. The van der Waals surface area contributed by atoms with Crippen LogP contribution in [0.15, 0.2) is 170 Å². The van der Waals surface area contributed by atoms with Crippen LogP contribution in [0, 0.1) is 0 Å². The van der Waals surface area contributed by atoms with Gasteiger partial charge in [-0.3, -0.25) is 0 Å². The quantitative estimate of drug-likeness (QED) is 0.170. The van der Waals surface area contributed by atoms with Gasteiger partial charge in [0.05, 0.1) is 21.5 Å². The largest absolute Gasteiger partial charge is 0.308 e. The van der Waals surface area contributed by atoms with Crippen molar-refractivity contribution in [2.24, 2.45) is 0 Å². The summed E-state index contributed by atoms with van der Waals surface area (Å²) in [7, 11) is 0. The average Bonchev–Trinajstić information content (AvgIpc) is 4.03. The molecule has 2 heteroatoms. The summed E-state index contributed by atoms with van der Waals surface area (Å²) in [5.74, 6) is 0. The van der Waals surface area contributed by atoms with E-state index in [4.69, 9.17) is 0 Å². The SMILES string of the molecule is CC(C)(C)c1ccc2c(c1)C1(c3ccccc3-c3ccc(N(c4ccccc4-c4cccc5c4-c4ccccc4C5(C)C)c4cccc5c6c(sc45)C=CCC6)cc31)c1cc(C(C)(C)C)ccc1-2. The van der Waals surface area contributed by atoms with E-state index in [2.05, 4.69) is 236 Å². The van der Waals surface area contributed by atoms with Crippen molar-refractivity contribution in [3.05, 3.63) is 225 Å². The lowest BCUT2D eigenvalue weighted by Crippen LogP contribution is -2.27. The number of allylic oxidation sites excluding steroid dienone is 1. The predicted molar refractivity (Wildman–Crippen MR) is 291 cm³/mol. The summed E-state index contributed by atoms with van der Waals surface area (Å²) >= 11 is 1.95. The van der Waals surface area contributed by atoms with Crippen molar-refractivity contribution in [1.82, 2.24) is 0 Å². The lowest BCUT2D eigenvalue weighted by molar-refractivity contribution is 0.586. The van der Waals surface area contributed by atoms with E-state index >= 15 is 0 Å². The molecule has 1 aromatic heterocycles. The van der Waals surface area contributed by atoms with Crippen molar-refractivity contribution in [3.63, 3.8) is 0 Å². The van der Waals surface area contributed by atoms with E-state index < -0.39 is 5.41 Å². The molecule has 68 heavy (non-hydrogen) atoms. The third kappa shape index (κ3) is 5.68. The van der Waals surface area contributed by atoms with Gasteiger partial charge < -0.3 is 4.90 Å². The highest BCUT2D eigenvalue weighted by Crippen LogP contribution is 2.65. The normalized spacial score (nSPS) is 15.4. The number of anilines is 3. The molecule has 4 aliphatic rings. The van der Waals surface area contributed by atoms with Crippen LogP contribution >= 0.6 is 11.3 Å². The molecule has 0 radical (unpaired) electrons. The molecular formula is C66H57NS. The Labute approximate surface area is 406 Å². The number of fused-ring (bicyclic) bond motifs is 16. The van der Waals surface area contributed by atoms with Crippen LogP contribution in [-0.2, 0) is 28.1 Å². The Hall–Kier alpha value is -6.74. The number of nitrogens with zero attached hydrogens (tertiary/aromatic N) is 1. The number of hydrogen-bond acceptors (Lipinski definition) is 2. The molecular weight excluding hydrogens is 839 g/mol. The van der Waals surface area contributed by atoms with Crippen LogP contribution < -0.4 is 4.90 Å². The zero-order valence-corrected chi connectivity index (χ0v) is 41.3. The van der Waals surface area contributed by atoms with Crippen LogP contribution in [-0.4, -0.2) is 0 Å². The standard InChI is InChI=1S/C66H57NS/c1-63(2,3)40-31-34-44-45-35-32-41(64(4,5)6)38-56(45)66(55(44)37-40)53-26-14-9-19-43(53)46-36-33-42(39-57(46)66)67(59-29-18-24-50-48-21-12-16-30-60(48)68-62(50)59)58-28-15-11-20-47(58)49-23-17-27-54-61(49)51-22-10-13-25-52(51)65(54,7)8/h9-11,13-20,22-39H,12,21H2,1-8H3. The molecule has 0 fully saturated rings. The van der Waals surface area contributed by atoms with Crippen LogP contribution in [0.5, 0.6) is 0 Å². The van der Waals surface area contributed by atoms with Gasteiger partial charge in [-0.2, -0.15) is 0 Å². The topological polar surface area (TPSA) is 3.24 Å². The first-order valence-corrected chi connectivity index (χ1v) is 25.5. The van der Waals surface area contributed by atoms with E-state index in [9.17, 15) is 0 Å². The molecule has 0 atom stereocenters. The summed E-state index contributed by atoms with van der Waals surface area (Å²) in [4.78, 5) is 4.01. The number of aryl methyl sites for hydroxylation is 1. The van der Waals surface area contributed by atoms with Gasteiger partial charge in [-0.05, 0) is 148 Å². The maximum atomic E-state index is 2.62. The van der Waals surface area contributed by atoms with E-state index in [0.29, 0.717) is 0 Å². The van der Waals surface area contributed by atoms with Crippen LogP contribution in [0.1, 0.15) is 117 Å². The molecule has 0 saturated carbocycles. The van der Waals surface area contributed by atoms with Gasteiger partial charge >= 0.3 is 0 Å². The van der Waals surface area contributed by atoms with Gasteiger partial charge in [-0.25, -0.2) is 0 Å². The number of para-hydroxylation sites is 1. The highest BCUT2D eigenvalue weighted by atomic mass is 32.1. The van der Waals surface area contributed by atoms with Gasteiger partial charge in [0.1, 0.15) is 0 Å². The first kappa shape index (κ1) is 41.4. The van der Waals surface area contributed by atoms with Crippen LogP contribution in [0.2, 0.25) is 0 Å². The first-order valence-electron chi connectivity index (χ1n) is 24.6. The Kier molecular flexibility index (Phi) is 8.77. The fraction of sp³-hybridized carbons (Fsp3) is 0.212. The Bertz CT molecular complexity index is 3570. The molecule has 0 saturated heterocycles. The van der Waals surface area contributed by atoms with Gasteiger partial charge in [-0.1, -0.05) is 201 Å². The van der Waals surface area contributed by atoms with E-state index in [1.54, 1.807) is 0 Å². The minimum atomic E-state index is -0.519. The second kappa shape index (κ2) is 14.4.